The van der Waals surface area contributed by atoms with Gasteiger partial charge in [-0.25, -0.2) is 14.8 Å². The highest BCUT2D eigenvalue weighted by Crippen LogP contribution is 2.07. The average Bonchev–Trinajstić information content (AvgIpc) is 2.74. The molecule has 2 N–H and O–H groups in total. The van der Waals surface area contributed by atoms with Crippen LogP contribution in [0, 0.1) is 20.8 Å². The molecule has 2 rings (SSSR count). The van der Waals surface area contributed by atoms with Crippen molar-refractivity contribution in [3.8, 4) is 0 Å². The summed E-state index contributed by atoms with van der Waals surface area (Å²) >= 11 is 0. The number of carbonyl (C=O) groups is 2. The van der Waals surface area contributed by atoms with Gasteiger partial charge in [-0.1, -0.05) is 20.1 Å². The average molecular weight is 463 g/mol. The lowest BCUT2D eigenvalue weighted by Gasteiger charge is -2.22. The van der Waals surface area contributed by atoms with Crippen LogP contribution in [0.2, 0.25) is 0 Å². The van der Waals surface area contributed by atoms with E-state index in [0.717, 1.165) is 22.0 Å². The Labute approximate surface area is 197 Å². The Morgan fingerprint density at radius 3 is 2.58 bits per heavy atom. The van der Waals surface area contributed by atoms with E-state index in [0.29, 0.717) is 17.8 Å². The second-order valence-electron chi connectivity index (χ2n) is 7.48. The monoisotopic (exact) mass is 462 g/mol. The first kappa shape index (κ1) is 27.3. The van der Waals surface area contributed by atoms with Crippen molar-refractivity contribution in [2.45, 2.75) is 55.1 Å². The molecule has 184 valence electrons. The molecule has 2 heterocycles. The van der Waals surface area contributed by atoms with E-state index >= 15 is 0 Å². The number of hydrazine groups is 1. The largest absolute Gasteiger partial charge is 0.444 e. The maximum Gasteiger partial charge on any atom is 0.428 e. The summed E-state index contributed by atoms with van der Waals surface area (Å²) in [7, 11) is 0. The summed E-state index contributed by atoms with van der Waals surface area (Å²) in [5.41, 5.74) is 5.99. The lowest BCUT2D eigenvalue weighted by molar-refractivity contribution is -0.121. The van der Waals surface area contributed by atoms with Crippen molar-refractivity contribution in [3.05, 3.63) is 63.5 Å². The van der Waals surface area contributed by atoms with Gasteiger partial charge in [-0.15, -0.1) is 0 Å². The number of hydrogen-bond donors (Lipinski definition) is 2. The van der Waals surface area contributed by atoms with E-state index in [4.69, 9.17) is 4.74 Å². The van der Waals surface area contributed by atoms with Gasteiger partial charge in [0.1, 0.15) is 13.2 Å². The molecule has 0 aliphatic heterocycles. The molecule has 0 atom stereocenters. The topological polar surface area (TPSA) is 118 Å². The summed E-state index contributed by atoms with van der Waals surface area (Å²) in [6, 6.07) is 3.79. The fourth-order valence-electron chi connectivity index (χ4n) is 2.78. The normalized spacial score (nSPS) is 10.1. The molecule has 0 bridgehead atoms. The van der Waals surface area contributed by atoms with Gasteiger partial charge in [0.25, 0.3) is 5.56 Å². The molecular weight excluding hydrogens is 424 g/mol. The number of pyridine rings is 1. The van der Waals surface area contributed by atoms with E-state index in [9.17, 15) is 14.4 Å². The molecule has 10 heteroatoms. The van der Waals surface area contributed by atoms with E-state index < -0.39 is 11.7 Å². The highest BCUT2D eigenvalue weighted by molar-refractivity contribution is 5.76. The number of amides is 2. The zero-order valence-corrected chi connectivity index (χ0v) is 19.2. The predicted octanol–water partition coefficient (Wildman–Crippen LogP) is 3.37. The molecule has 33 heavy (non-hydrogen) atoms. The number of anilines is 1. The first-order valence-electron chi connectivity index (χ1n) is 10.2. The van der Waals surface area contributed by atoms with Crippen LogP contribution < -0.4 is 16.3 Å². The summed E-state index contributed by atoms with van der Waals surface area (Å²) in [6.45, 7) is 13.0. The molecule has 0 saturated carbocycles. The fourth-order valence-corrected chi connectivity index (χ4v) is 2.78. The maximum atomic E-state index is 12.9. The van der Waals surface area contributed by atoms with Crippen LogP contribution in [0.25, 0.3) is 0 Å². The van der Waals surface area contributed by atoms with Gasteiger partial charge in [0.15, 0.2) is 0 Å². The third-order valence-corrected chi connectivity index (χ3v) is 4.59. The molecule has 0 saturated heterocycles. The molecule has 0 fully saturated rings. The molecule has 0 aliphatic rings. The lowest BCUT2D eigenvalue weighted by Crippen LogP contribution is -2.41. The quantitative estimate of drug-likeness (QED) is 0.433. The van der Waals surface area contributed by atoms with Gasteiger partial charge in [0.2, 0.25) is 11.7 Å². The first-order valence-corrected chi connectivity index (χ1v) is 10.2. The van der Waals surface area contributed by atoms with Crippen molar-refractivity contribution in [2.75, 3.05) is 18.6 Å². The molecule has 2 aromatic rings. The van der Waals surface area contributed by atoms with Gasteiger partial charge in [0, 0.05) is 39.2 Å². The van der Waals surface area contributed by atoms with Crippen LogP contribution in [0.15, 0.2) is 35.3 Å². The number of hydrogen-bond acceptors (Lipinski definition) is 7. The number of ether oxygens (including phenoxy) is 1. The molecule has 0 aliphatic carbocycles. The minimum atomic E-state index is -0.663. The fraction of sp³-hybridized carbons (Fsp3) is 0.435. The molecule has 2 aromatic heterocycles. The molecule has 0 unspecified atom stereocenters. The van der Waals surface area contributed by atoms with Crippen LogP contribution >= 0.6 is 0 Å². The van der Waals surface area contributed by atoms with Crippen molar-refractivity contribution >= 4 is 17.8 Å². The Kier molecular flexibility index (Phi) is 10.3. The Morgan fingerprint density at radius 2 is 1.97 bits per heavy atom. The van der Waals surface area contributed by atoms with Crippen LogP contribution in [0.4, 0.5) is 10.6 Å². The number of rotatable bonds is 9. The van der Waals surface area contributed by atoms with E-state index in [1.165, 1.54) is 10.8 Å². The molecule has 0 radical (unpaired) electrons. The Hall–Kier alpha value is -3.69. The molecule has 0 aromatic carbocycles. The van der Waals surface area contributed by atoms with E-state index in [-0.39, 0.29) is 41.7 Å². The predicted molar refractivity (Wildman–Crippen MR) is 132 cm³/mol. The SMILES string of the molecule is C.C=C(C)COC(=O)N(CC)Nc1ncc(C)n(CC(=O)NCc2ccc(C)nc2C)c1=O.[HH].[HH]. The maximum absolute atomic E-state index is 12.9. The van der Waals surface area contributed by atoms with Gasteiger partial charge in [-0.2, -0.15) is 0 Å². The minimum absolute atomic E-state index is 0. The van der Waals surface area contributed by atoms with Crippen LogP contribution in [-0.2, 0) is 22.6 Å². The Morgan fingerprint density at radius 1 is 1.27 bits per heavy atom. The first-order chi connectivity index (χ1) is 15.1. The van der Waals surface area contributed by atoms with Crippen molar-refractivity contribution in [2.24, 2.45) is 0 Å². The van der Waals surface area contributed by atoms with Gasteiger partial charge in [-0.05, 0) is 51.8 Å². The van der Waals surface area contributed by atoms with E-state index in [1.807, 2.05) is 26.0 Å². The molecular formula is C23H38N6O4. The third kappa shape index (κ3) is 7.74. The van der Waals surface area contributed by atoms with Crippen molar-refractivity contribution in [1.29, 1.82) is 0 Å². The number of aromatic nitrogens is 3. The summed E-state index contributed by atoms with van der Waals surface area (Å²) in [5, 5.41) is 3.93. The second kappa shape index (κ2) is 12.4. The standard InChI is InChI=1S/C22H30N6O4.CH4.2H2/c1-7-28(22(31)32-13-14(2)3)26-20-21(30)27(16(5)10-24-20)12-19(29)23-11-18-9-8-15(4)25-17(18)6;;;/h8-10H,2,7,11-13H2,1,3-6H3,(H,23,29)(H,24,26);1H4;2*1H. The Bertz CT molecular complexity index is 1070. The zero-order valence-electron chi connectivity index (χ0n) is 19.2. The number of aryl methyl sites for hydroxylation is 3. The number of nitrogens with zero attached hydrogens (tertiary/aromatic N) is 4. The smallest absolute Gasteiger partial charge is 0.428 e. The summed E-state index contributed by atoms with van der Waals surface area (Å²) in [5.74, 6) is -0.420. The third-order valence-electron chi connectivity index (χ3n) is 4.59. The van der Waals surface area contributed by atoms with Gasteiger partial charge >= 0.3 is 6.09 Å². The summed E-state index contributed by atoms with van der Waals surface area (Å²) < 4.78 is 6.39. The number of carbonyl (C=O) groups excluding carboxylic acids is 2. The molecule has 10 nitrogen and oxygen atoms in total. The zero-order chi connectivity index (χ0) is 23.8. The highest BCUT2D eigenvalue weighted by Gasteiger charge is 2.18. The van der Waals surface area contributed by atoms with Crippen LogP contribution in [0.1, 0.15) is 46.8 Å². The second-order valence-corrected chi connectivity index (χ2v) is 7.48. The van der Waals surface area contributed by atoms with Gasteiger partial charge in [-0.3, -0.25) is 24.6 Å². The summed E-state index contributed by atoms with van der Waals surface area (Å²) in [4.78, 5) is 46.0. The van der Waals surface area contributed by atoms with Crippen LogP contribution in [-0.4, -0.2) is 44.7 Å². The van der Waals surface area contributed by atoms with E-state index in [1.54, 1.807) is 20.8 Å². The minimum Gasteiger partial charge on any atom is -0.444 e. The van der Waals surface area contributed by atoms with Crippen LogP contribution in [0.3, 0.4) is 0 Å². The molecule has 2 amide bonds. The van der Waals surface area contributed by atoms with Crippen molar-refractivity contribution < 1.29 is 17.2 Å². The highest BCUT2D eigenvalue weighted by atomic mass is 16.6. The van der Waals surface area contributed by atoms with Gasteiger partial charge < -0.3 is 10.1 Å². The van der Waals surface area contributed by atoms with Gasteiger partial charge in [0.05, 0.1) is 0 Å². The van der Waals surface area contributed by atoms with Crippen molar-refractivity contribution in [3.63, 3.8) is 0 Å². The number of nitrogens with one attached hydrogen (secondary N) is 2. The van der Waals surface area contributed by atoms with Crippen molar-refractivity contribution in [1.82, 2.24) is 24.9 Å². The summed E-state index contributed by atoms with van der Waals surface area (Å²) in [6.07, 6.45) is 0.793. The lowest BCUT2D eigenvalue weighted by atomic mass is 10.2. The van der Waals surface area contributed by atoms with Crippen LogP contribution in [0.5, 0.6) is 0 Å². The Balaban J connectivity index is 0. The van der Waals surface area contributed by atoms with E-state index in [2.05, 4.69) is 27.3 Å². The molecule has 0 spiro atoms.